The average Bonchev–Trinajstić information content (AvgIpc) is 2.34. The Labute approximate surface area is 118 Å². The van der Waals surface area contributed by atoms with E-state index in [2.05, 4.69) is 36.5 Å². The van der Waals surface area contributed by atoms with Crippen LogP contribution >= 0.6 is 23.2 Å². The van der Waals surface area contributed by atoms with Crippen LogP contribution in [0.5, 0.6) is 0 Å². The number of halogens is 2. The molecular weight excluding hydrogens is 265 g/mol. The van der Waals surface area contributed by atoms with E-state index >= 15 is 0 Å². The highest BCUT2D eigenvalue weighted by atomic mass is 35.5. The van der Waals surface area contributed by atoms with Crippen LogP contribution in [0.15, 0.2) is 48.5 Å². The van der Waals surface area contributed by atoms with Crippen LogP contribution < -0.4 is 5.32 Å². The number of nitrogens with one attached hydrogen (secondary N) is 1. The average molecular weight is 280 g/mol. The summed E-state index contributed by atoms with van der Waals surface area (Å²) >= 11 is 12.0. The number of hydrogen-bond donors (Lipinski definition) is 1. The lowest BCUT2D eigenvalue weighted by atomic mass is 10.1. The van der Waals surface area contributed by atoms with Crippen molar-refractivity contribution in [1.82, 2.24) is 0 Å². The Bertz CT molecular complexity index is 511. The Morgan fingerprint density at radius 3 is 2.44 bits per heavy atom. The molecule has 0 aliphatic heterocycles. The summed E-state index contributed by atoms with van der Waals surface area (Å²) in [6, 6.07) is 16.2. The van der Waals surface area contributed by atoms with E-state index in [-0.39, 0.29) is 0 Å². The van der Waals surface area contributed by atoms with Gasteiger partial charge in [-0.1, -0.05) is 53.5 Å². The molecule has 2 aromatic rings. The lowest BCUT2D eigenvalue weighted by molar-refractivity contribution is 0.790. The molecule has 94 valence electrons. The van der Waals surface area contributed by atoms with Crippen LogP contribution in [0.25, 0.3) is 0 Å². The van der Waals surface area contributed by atoms with Crippen molar-refractivity contribution in [3.05, 3.63) is 64.1 Å². The summed E-state index contributed by atoms with van der Waals surface area (Å²) in [5, 5.41) is 4.70. The fraction of sp³-hybridized carbons (Fsp3) is 0.200. The SMILES string of the molecule is CC(Cc1ccccc1)Nc1ccc(Cl)cc1Cl. The van der Waals surface area contributed by atoms with Crippen LogP contribution in [0, 0.1) is 0 Å². The van der Waals surface area contributed by atoms with Crippen molar-refractivity contribution in [2.45, 2.75) is 19.4 Å². The Kier molecular flexibility index (Phi) is 4.51. The van der Waals surface area contributed by atoms with Gasteiger partial charge in [0.2, 0.25) is 0 Å². The summed E-state index contributed by atoms with van der Waals surface area (Å²) < 4.78 is 0. The second kappa shape index (κ2) is 6.12. The van der Waals surface area contributed by atoms with E-state index in [1.54, 1.807) is 6.07 Å². The predicted octanol–water partition coefficient (Wildman–Crippen LogP) is 5.04. The lowest BCUT2D eigenvalue weighted by Gasteiger charge is -2.16. The maximum atomic E-state index is 6.13. The van der Waals surface area contributed by atoms with Gasteiger partial charge in [-0.2, -0.15) is 0 Å². The summed E-state index contributed by atoms with van der Waals surface area (Å²) in [4.78, 5) is 0. The first-order valence-corrected chi connectivity index (χ1v) is 6.66. The van der Waals surface area contributed by atoms with Gasteiger partial charge >= 0.3 is 0 Å². The molecule has 0 heterocycles. The molecule has 1 unspecified atom stereocenters. The van der Waals surface area contributed by atoms with E-state index in [1.807, 2.05) is 18.2 Å². The van der Waals surface area contributed by atoms with Gasteiger partial charge in [0.1, 0.15) is 0 Å². The molecule has 0 spiro atoms. The van der Waals surface area contributed by atoms with E-state index in [0.717, 1.165) is 12.1 Å². The van der Waals surface area contributed by atoms with Crippen molar-refractivity contribution in [2.24, 2.45) is 0 Å². The summed E-state index contributed by atoms with van der Waals surface area (Å²) in [5.41, 5.74) is 2.23. The second-order valence-corrected chi connectivity index (χ2v) is 5.20. The molecule has 1 nitrogen and oxygen atoms in total. The van der Waals surface area contributed by atoms with Crippen molar-refractivity contribution in [1.29, 1.82) is 0 Å². The molecule has 0 aliphatic carbocycles. The third-order valence-corrected chi connectivity index (χ3v) is 3.27. The monoisotopic (exact) mass is 279 g/mol. The maximum Gasteiger partial charge on any atom is 0.0652 e. The molecular formula is C15H15Cl2N. The molecule has 1 atom stereocenters. The molecule has 0 aromatic heterocycles. The number of rotatable bonds is 4. The molecule has 1 N–H and O–H groups in total. The normalized spacial score (nSPS) is 12.2. The molecule has 0 radical (unpaired) electrons. The Morgan fingerprint density at radius 2 is 1.78 bits per heavy atom. The van der Waals surface area contributed by atoms with Gasteiger partial charge in [-0.05, 0) is 37.1 Å². The van der Waals surface area contributed by atoms with E-state index in [4.69, 9.17) is 23.2 Å². The number of benzene rings is 2. The largest absolute Gasteiger partial charge is 0.381 e. The van der Waals surface area contributed by atoms with Crippen LogP contribution in [0.4, 0.5) is 5.69 Å². The maximum absolute atomic E-state index is 6.13. The van der Waals surface area contributed by atoms with Crippen LogP contribution in [-0.2, 0) is 6.42 Å². The zero-order valence-corrected chi connectivity index (χ0v) is 11.7. The molecule has 0 amide bonds. The minimum Gasteiger partial charge on any atom is -0.381 e. The number of anilines is 1. The van der Waals surface area contributed by atoms with Gasteiger partial charge in [-0.25, -0.2) is 0 Å². The van der Waals surface area contributed by atoms with Crippen molar-refractivity contribution < 1.29 is 0 Å². The van der Waals surface area contributed by atoms with E-state index in [9.17, 15) is 0 Å². The third kappa shape index (κ3) is 3.66. The molecule has 2 rings (SSSR count). The summed E-state index contributed by atoms with van der Waals surface area (Å²) in [6.45, 7) is 2.14. The zero-order chi connectivity index (χ0) is 13.0. The second-order valence-electron chi connectivity index (χ2n) is 4.36. The molecule has 0 fully saturated rings. The van der Waals surface area contributed by atoms with Crippen LogP contribution in [-0.4, -0.2) is 6.04 Å². The van der Waals surface area contributed by atoms with Crippen molar-refractivity contribution in [3.8, 4) is 0 Å². The van der Waals surface area contributed by atoms with Gasteiger partial charge in [-0.15, -0.1) is 0 Å². The highest BCUT2D eigenvalue weighted by Crippen LogP contribution is 2.26. The molecule has 0 saturated carbocycles. The first kappa shape index (κ1) is 13.3. The van der Waals surface area contributed by atoms with Crippen LogP contribution in [0.1, 0.15) is 12.5 Å². The first-order valence-electron chi connectivity index (χ1n) is 5.90. The van der Waals surface area contributed by atoms with Crippen LogP contribution in [0.2, 0.25) is 10.0 Å². The smallest absolute Gasteiger partial charge is 0.0652 e. The van der Waals surface area contributed by atoms with Gasteiger partial charge in [0.25, 0.3) is 0 Å². The summed E-state index contributed by atoms with van der Waals surface area (Å²) in [7, 11) is 0. The lowest BCUT2D eigenvalue weighted by Crippen LogP contribution is -2.18. The predicted molar refractivity (Wildman–Crippen MR) is 79.7 cm³/mol. The molecule has 3 heteroatoms. The summed E-state index contributed by atoms with van der Waals surface area (Å²) in [5.74, 6) is 0. The standard InChI is InChI=1S/C15H15Cl2N/c1-11(9-12-5-3-2-4-6-12)18-15-8-7-13(16)10-14(15)17/h2-8,10-11,18H,9H2,1H3. The molecule has 0 aliphatic rings. The summed E-state index contributed by atoms with van der Waals surface area (Å²) in [6.07, 6.45) is 0.958. The van der Waals surface area contributed by atoms with Crippen molar-refractivity contribution in [2.75, 3.05) is 5.32 Å². The first-order chi connectivity index (χ1) is 8.65. The number of hydrogen-bond acceptors (Lipinski definition) is 1. The van der Waals surface area contributed by atoms with Gasteiger partial charge in [0.15, 0.2) is 0 Å². The zero-order valence-electron chi connectivity index (χ0n) is 10.2. The Balaban J connectivity index is 2.01. The highest BCUT2D eigenvalue weighted by molar-refractivity contribution is 6.36. The Hall–Kier alpha value is -1.18. The van der Waals surface area contributed by atoms with E-state index in [1.165, 1.54) is 5.56 Å². The fourth-order valence-electron chi connectivity index (χ4n) is 1.89. The fourth-order valence-corrected chi connectivity index (χ4v) is 2.35. The molecule has 0 bridgehead atoms. The topological polar surface area (TPSA) is 12.0 Å². The molecule has 18 heavy (non-hydrogen) atoms. The van der Waals surface area contributed by atoms with E-state index in [0.29, 0.717) is 16.1 Å². The Morgan fingerprint density at radius 1 is 1.06 bits per heavy atom. The highest BCUT2D eigenvalue weighted by Gasteiger charge is 2.06. The van der Waals surface area contributed by atoms with E-state index < -0.39 is 0 Å². The minimum absolute atomic E-state index is 0.311. The minimum atomic E-state index is 0.311. The van der Waals surface area contributed by atoms with Gasteiger partial charge in [0.05, 0.1) is 10.7 Å². The van der Waals surface area contributed by atoms with Crippen LogP contribution in [0.3, 0.4) is 0 Å². The quantitative estimate of drug-likeness (QED) is 0.827. The molecule has 2 aromatic carbocycles. The van der Waals surface area contributed by atoms with Gasteiger partial charge < -0.3 is 5.32 Å². The van der Waals surface area contributed by atoms with Crippen molar-refractivity contribution in [3.63, 3.8) is 0 Å². The third-order valence-electron chi connectivity index (χ3n) is 2.72. The van der Waals surface area contributed by atoms with Crippen molar-refractivity contribution >= 4 is 28.9 Å². The molecule has 0 saturated heterocycles. The van der Waals surface area contributed by atoms with Gasteiger partial charge in [0, 0.05) is 11.1 Å². The van der Waals surface area contributed by atoms with Gasteiger partial charge in [-0.3, -0.25) is 0 Å².